The van der Waals surface area contributed by atoms with E-state index in [9.17, 15) is 0 Å². The predicted molar refractivity (Wildman–Crippen MR) is 190 cm³/mol. The molecule has 0 aliphatic carbocycles. The summed E-state index contributed by atoms with van der Waals surface area (Å²) in [4.78, 5) is 0. The molecular weight excluding hydrogens is 516 g/mol. The second-order valence-corrected chi connectivity index (χ2v) is 10.9. The van der Waals surface area contributed by atoms with Crippen LogP contribution in [0.1, 0.15) is 36.1 Å². The Morgan fingerprint density at radius 3 is 1.74 bits per heavy atom. The Morgan fingerprint density at radius 2 is 1.16 bits per heavy atom. The SMILES string of the molecule is C=C/C(=C\C(C)Cc1ccccc1)c1ccccc1.C=C/C=C(\C)c1cc(-c2ccc(-c3ccccc3)cc2)ccc1C. The predicted octanol–water partition coefficient (Wildman–Crippen LogP) is 12.1. The van der Waals surface area contributed by atoms with E-state index >= 15 is 0 Å². The summed E-state index contributed by atoms with van der Waals surface area (Å²) in [6.45, 7) is 14.3. The van der Waals surface area contributed by atoms with Gasteiger partial charge in [0.05, 0.1) is 0 Å². The van der Waals surface area contributed by atoms with Gasteiger partial charge < -0.3 is 0 Å². The molecule has 0 nitrogen and oxygen atoms in total. The first-order chi connectivity index (χ1) is 21.0. The highest BCUT2D eigenvalue weighted by atomic mass is 14.1. The van der Waals surface area contributed by atoms with Crippen LogP contribution in [0.15, 0.2) is 171 Å². The number of hydrogen-bond acceptors (Lipinski definition) is 0. The minimum absolute atomic E-state index is 0.496. The quantitative estimate of drug-likeness (QED) is 0.158. The lowest BCUT2D eigenvalue weighted by molar-refractivity contribution is 0.725. The van der Waals surface area contributed by atoms with Crippen molar-refractivity contribution < 1.29 is 0 Å². The lowest BCUT2D eigenvalue weighted by atomic mass is 9.94. The minimum Gasteiger partial charge on any atom is -0.0991 e. The van der Waals surface area contributed by atoms with Crippen molar-refractivity contribution in [1.82, 2.24) is 0 Å². The molecule has 5 rings (SSSR count). The lowest BCUT2D eigenvalue weighted by Gasteiger charge is -2.10. The van der Waals surface area contributed by atoms with Crippen molar-refractivity contribution in [3.8, 4) is 22.3 Å². The van der Waals surface area contributed by atoms with Gasteiger partial charge in [0.25, 0.3) is 0 Å². The Labute approximate surface area is 259 Å². The van der Waals surface area contributed by atoms with Gasteiger partial charge in [-0.25, -0.2) is 0 Å². The van der Waals surface area contributed by atoms with Gasteiger partial charge in [-0.1, -0.05) is 172 Å². The highest BCUT2D eigenvalue weighted by Crippen LogP contribution is 2.29. The normalized spacial score (nSPS) is 12.1. The van der Waals surface area contributed by atoms with E-state index in [2.05, 4.69) is 167 Å². The molecule has 214 valence electrons. The van der Waals surface area contributed by atoms with E-state index in [1.54, 1.807) is 0 Å². The summed E-state index contributed by atoms with van der Waals surface area (Å²) in [6, 6.07) is 46.9. The van der Waals surface area contributed by atoms with E-state index in [1.807, 2.05) is 24.3 Å². The first kappa shape index (κ1) is 31.0. The van der Waals surface area contributed by atoms with Gasteiger partial charge in [-0.15, -0.1) is 0 Å². The van der Waals surface area contributed by atoms with Crippen LogP contribution < -0.4 is 0 Å². The monoisotopic (exact) mass is 558 g/mol. The highest BCUT2D eigenvalue weighted by Gasteiger charge is 2.06. The molecule has 43 heavy (non-hydrogen) atoms. The van der Waals surface area contributed by atoms with Crippen LogP contribution in [0.3, 0.4) is 0 Å². The molecule has 0 heteroatoms. The molecule has 5 aromatic rings. The van der Waals surface area contributed by atoms with Gasteiger partial charge in [-0.2, -0.15) is 0 Å². The van der Waals surface area contributed by atoms with Crippen molar-refractivity contribution >= 4 is 11.1 Å². The molecule has 0 spiro atoms. The van der Waals surface area contributed by atoms with Gasteiger partial charge in [0, 0.05) is 0 Å². The third-order valence-corrected chi connectivity index (χ3v) is 7.55. The molecular formula is C43H42. The Morgan fingerprint density at radius 1 is 0.651 bits per heavy atom. The third-order valence-electron chi connectivity index (χ3n) is 7.55. The van der Waals surface area contributed by atoms with E-state index in [0.717, 1.165) is 6.42 Å². The molecule has 0 amide bonds. The Kier molecular flexibility index (Phi) is 11.5. The van der Waals surface area contributed by atoms with Crippen molar-refractivity contribution in [1.29, 1.82) is 0 Å². The van der Waals surface area contributed by atoms with Crippen LogP contribution in [0.2, 0.25) is 0 Å². The fourth-order valence-corrected chi connectivity index (χ4v) is 5.24. The van der Waals surface area contributed by atoms with Gasteiger partial charge in [0.2, 0.25) is 0 Å². The van der Waals surface area contributed by atoms with E-state index in [-0.39, 0.29) is 0 Å². The summed E-state index contributed by atoms with van der Waals surface area (Å²) in [5, 5.41) is 0. The number of aryl methyl sites for hydroxylation is 1. The maximum absolute atomic E-state index is 3.93. The highest BCUT2D eigenvalue weighted by molar-refractivity contribution is 5.76. The molecule has 0 radical (unpaired) electrons. The maximum Gasteiger partial charge on any atom is -0.0178 e. The standard InChI is InChI=1S/C24H22.C19H20/c1-4-8-18(2)24-17-23(12-11-19(24)3)22-15-13-21(14-16-22)20-9-6-5-7-10-20;1-3-18(19-12-8-5-9-13-19)15-16(2)14-17-10-6-4-7-11-17/h4-17H,1H2,2-3H3;3-13,15-16H,1,14H2,2H3/b18-8+;18-15+. The number of rotatable bonds is 9. The van der Waals surface area contributed by atoms with Gasteiger partial charge in [-0.3, -0.25) is 0 Å². The Bertz CT molecular complexity index is 1650. The molecule has 1 unspecified atom stereocenters. The van der Waals surface area contributed by atoms with Gasteiger partial charge in [0.15, 0.2) is 0 Å². The Hall–Kier alpha value is -4.94. The molecule has 1 atom stereocenters. The van der Waals surface area contributed by atoms with E-state index in [0.29, 0.717) is 5.92 Å². The van der Waals surface area contributed by atoms with Crippen LogP contribution in [-0.4, -0.2) is 0 Å². The number of allylic oxidation sites excluding steroid dienone is 6. The summed E-state index contributed by atoms with van der Waals surface area (Å²) in [7, 11) is 0. The van der Waals surface area contributed by atoms with Crippen LogP contribution in [0.25, 0.3) is 33.4 Å². The molecule has 0 aliphatic rings. The zero-order valence-electron chi connectivity index (χ0n) is 25.7. The molecule has 0 aromatic heterocycles. The van der Waals surface area contributed by atoms with Crippen molar-refractivity contribution in [3.05, 3.63) is 193 Å². The van der Waals surface area contributed by atoms with Crippen LogP contribution in [0.5, 0.6) is 0 Å². The zero-order chi connectivity index (χ0) is 30.4. The molecule has 0 saturated heterocycles. The van der Waals surface area contributed by atoms with Crippen LogP contribution >= 0.6 is 0 Å². The summed E-state index contributed by atoms with van der Waals surface area (Å²) in [5.74, 6) is 0.496. The molecule has 0 N–H and O–H groups in total. The van der Waals surface area contributed by atoms with Crippen molar-refractivity contribution in [2.75, 3.05) is 0 Å². The van der Waals surface area contributed by atoms with Gasteiger partial charge in [-0.05, 0) is 87.9 Å². The first-order valence-corrected chi connectivity index (χ1v) is 15.0. The number of hydrogen-bond donors (Lipinski definition) is 0. The fraction of sp³-hybridized carbons (Fsp3) is 0.116. The van der Waals surface area contributed by atoms with Gasteiger partial charge in [0.1, 0.15) is 0 Å². The number of benzene rings is 5. The van der Waals surface area contributed by atoms with Crippen LogP contribution in [0, 0.1) is 12.8 Å². The molecule has 0 aliphatic heterocycles. The third kappa shape index (κ3) is 9.02. The average Bonchev–Trinajstić information content (AvgIpc) is 3.05. The smallest absolute Gasteiger partial charge is 0.0178 e. The van der Waals surface area contributed by atoms with Crippen molar-refractivity contribution in [2.45, 2.75) is 27.2 Å². The fourth-order valence-electron chi connectivity index (χ4n) is 5.24. The van der Waals surface area contributed by atoms with Crippen molar-refractivity contribution in [3.63, 3.8) is 0 Å². The summed E-state index contributed by atoms with van der Waals surface area (Å²) in [5.41, 5.74) is 12.6. The van der Waals surface area contributed by atoms with Crippen molar-refractivity contribution in [2.24, 2.45) is 5.92 Å². The zero-order valence-corrected chi connectivity index (χ0v) is 25.7. The molecule has 0 bridgehead atoms. The molecule has 0 heterocycles. The topological polar surface area (TPSA) is 0 Å². The first-order valence-electron chi connectivity index (χ1n) is 15.0. The summed E-state index contributed by atoms with van der Waals surface area (Å²) in [6.07, 6.45) is 9.21. The van der Waals surface area contributed by atoms with E-state index < -0.39 is 0 Å². The summed E-state index contributed by atoms with van der Waals surface area (Å²) < 4.78 is 0. The maximum atomic E-state index is 3.93. The Balaban J connectivity index is 0.000000203. The van der Waals surface area contributed by atoms with E-state index in [1.165, 1.54) is 55.7 Å². The average molecular weight is 559 g/mol. The van der Waals surface area contributed by atoms with Crippen LogP contribution in [0.4, 0.5) is 0 Å². The molecule has 5 aromatic carbocycles. The largest absolute Gasteiger partial charge is 0.0991 e. The van der Waals surface area contributed by atoms with E-state index in [4.69, 9.17) is 0 Å². The van der Waals surface area contributed by atoms with Gasteiger partial charge >= 0.3 is 0 Å². The second-order valence-electron chi connectivity index (χ2n) is 10.9. The molecule has 0 fully saturated rings. The van der Waals surface area contributed by atoms with Crippen LogP contribution in [-0.2, 0) is 6.42 Å². The lowest BCUT2D eigenvalue weighted by Crippen LogP contribution is -1.97. The summed E-state index contributed by atoms with van der Waals surface area (Å²) >= 11 is 0. The minimum atomic E-state index is 0.496. The second kappa shape index (κ2) is 15.9. The molecule has 0 saturated carbocycles.